The Bertz CT molecular complexity index is 889. The molecule has 7 heteroatoms. The van der Waals surface area contributed by atoms with Crippen LogP contribution in [0.3, 0.4) is 0 Å². The van der Waals surface area contributed by atoms with Crippen LogP contribution >= 0.6 is 0 Å². The molecule has 2 aliphatic rings. The van der Waals surface area contributed by atoms with Crippen molar-refractivity contribution in [3.8, 4) is 0 Å². The van der Waals surface area contributed by atoms with Gasteiger partial charge in [-0.3, -0.25) is 14.7 Å². The summed E-state index contributed by atoms with van der Waals surface area (Å²) in [6.07, 6.45) is 2.71. The van der Waals surface area contributed by atoms with Crippen LogP contribution in [-0.4, -0.2) is 58.7 Å². The monoisotopic (exact) mass is 394 g/mol. The molecular weight excluding hydrogens is 368 g/mol. The maximum absolute atomic E-state index is 13.0. The van der Waals surface area contributed by atoms with Crippen molar-refractivity contribution >= 4 is 17.6 Å². The van der Waals surface area contributed by atoms with Crippen molar-refractivity contribution in [1.29, 1.82) is 0 Å². The number of hydrogen-bond acceptors (Lipinski definition) is 4. The molecule has 0 aliphatic carbocycles. The highest BCUT2D eigenvalue weighted by molar-refractivity contribution is 5.94. The van der Waals surface area contributed by atoms with Crippen LogP contribution in [0.4, 0.5) is 10.5 Å². The molecule has 3 heterocycles. The molecule has 29 heavy (non-hydrogen) atoms. The average Bonchev–Trinajstić information content (AvgIpc) is 2.73. The number of carbonyl (C=O) groups is 2. The Kier molecular flexibility index (Phi) is 5.49. The molecule has 152 valence electrons. The first-order valence-electron chi connectivity index (χ1n) is 10.1. The zero-order valence-corrected chi connectivity index (χ0v) is 16.5. The summed E-state index contributed by atoms with van der Waals surface area (Å²) in [6, 6.07) is 12.7. The lowest BCUT2D eigenvalue weighted by atomic mass is 9.71. The van der Waals surface area contributed by atoms with Gasteiger partial charge in [-0.15, -0.1) is 0 Å². The van der Waals surface area contributed by atoms with Crippen molar-refractivity contribution in [1.82, 2.24) is 15.2 Å². The van der Waals surface area contributed by atoms with Gasteiger partial charge in [0.25, 0.3) is 0 Å². The lowest BCUT2D eigenvalue weighted by Crippen LogP contribution is -2.71. The number of pyridine rings is 1. The van der Waals surface area contributed by atoms with E-state index in [-0.39, 0.29) is 43.0 Å². The minimum atomic E-state index is -0.279. The Hall–Kier alpha value is -2.93. The smallest absolute Gasteiger partial charge is 0.321 e. The number of benzene rings is 1. The number of fused-ring (bicyclic) bond motifs is 3. The predicted molar refractivity (Wildman–Crippen MR) is 110 cm³/mol. The summed E-state index contributed by atoms with van der Waals surface area (Å²) in [5.41, 5.74) is 2.57. The standard InChI is InChI=1S/C22H26N4O3/c1-2-10-24-22(29)25-13-18-21(16-8-3-4-9-17(16)25)19(14-27)26(18)20(28)12-15-7-5-6-11-23-15/h3-9,11,18-19,21,27H,2,10,12-14H2,1H3,(H,24,29)/t18-,19+,21+/m0/s1. The average molecular weight is 394 g/mol. The normalized spacial score (nSPS) is 22.3. The van der Waals surface area contributed by atoms with Crippen LogP contribution < -0.4 is 10.2 Å². The Balaban J connectivity index is 1.61. The van der Waals surface area contributed by atoms with E-state index in [1.807, 2.05) is 49.4 Å². The van der Waals surface area contributed by atoms with Gasteiger partial charge in [-0.1, -0.05) is 31.2 Å². The lowest BCUT2D eigenvalue weighted by Gasteiger charge is -2.58. The third-order valence-corrected chi connectivity index (χ3v) is 5.80. The molecule has 2 aromatic rings. The highest BCUT2D eigenvalue weighted by Gasteiger charge is 2.55. The predicted octanol–water partition coefficient (Wildman–Crippen LogP) is 1.92. The number of aromatic nitrogens is 1. The van der Waals surface area contributed by atoms with E-state index in [4.69, 9.17) is 0 Å². The van der Waals surface area contributed by atoms with Gasteiger partial charge in [0, 0.05) is 36.6 Å². The summed E-state index contributed by atoms with van der Waals surface area (Å²) in [5, 5.41) is 13.0. The molecule has 3 amide bonds. The second kappa shape index (κ2) is 8.21. The van der Waals surface area contributed by atoms with Gasteiger partial charge in [-0.25, -0.2) is 4.79 Å². The third-order valence-electron chi connectivity index (χ3n) is 5.80. The summed E-state index contributed by atoms with van der Waals surface area (Å²) in [4.78, 5) is 33.5. The molecular formula is C22H26N4O3. The van der Waals surface area contributed by atoms with Crippen LogP contribution in [0.15, 0.2) is 48.7 Å². The molecule has 2 N–H and O–H groups in total. The van der Waals surface area contributed by atoms with Gasteiger partial charge in [-0.05, 0) is 30.2 Å². The van der Waals surface area contributed by atoms with Crippen LogP contribution in [0, 0.1) is 0 Å². The lowest BCUT2D eigenvalue weighted by molar-refractivity contribution is -0.149. The fourth-order valence-corrected chi connectivity index (χ4v) is 4.50. The third kappa shape index (κ3) is 3.46. The number of nitrogens with one attached hydrogen (secondary N) is 1. The number of urea groups is 1. The number of anilines is 1. The van der Waals surface area contributed by atoms with Gasteiger partial charge in [0.1, 0.15) is 0 Å². The molecule has 1 saturated heterocycles. The second-order valence-corrected chi connectivity index (χ2v) is 7.54. The number of rotatable bonds is 5. The fraction of sp³-hybridized carbons (Fsp3) is 0.409. The minimum absolute atomic E-state index is 0.0270. The Morgan fingerprint density at radius 1 is 1.21 bits per heavy atom. The molecule has 0 saturated carbocycles. The number of carbonyl (C=O) groups excluding carboxylic acids is 2. The molecule has 1 aromatic carbocycles. The Morgan fingerprint density at radius 3 is 2.72 bits per heavy atom. The summed E-state index contributed by atoms with van der Waals surface area (Å²) in [6.45, 7) is 2.93. The molecule has 4 rings (SSSR count). The van der Waals surface area contributed by atoms with Crippen molar-refractivity contribution in [2.24, 2.45) is 0 Å². The summed E-state index contributed by atoms with van der Waals surface area (Å²) in [7, 11) is 0. The Labute approximate surface area is 170 Å². The van der Waals surface area contributed by atoms with Crippen molar-refractivity contribution in [3.05, 3.63) is 59.9 Å². The van der Waals surface area contributed by atoms with E-state index in [0.717, 1.165) is 17.7 Å². The topological polar surface area (TPSA) is 85.8 Å². The van der Waals surface area contributed by atoms with Gasteiger partial charge in [0.2, 0.25) is 5.91 Å². The maximum Gasteiger partial charge on any atom is 0.321 e. The van der Waals surface area contributed by atoms with Gasteiger partial charge in [0.15, 0.2) is 0 Å². The van der Waals surface area contributed by atoms with Crippen molar-refractivity contribution in [2.75, 3.05) is 24.6 Å². The summed E-state index contributed by atoms with van der Waals surface area (Å²) in [5.74, 6) is -0.0450. The maximum atomic E-state index is 13.0. The number of hydrogen-bond donors (Lipinski definition) is 2. The van der Waals surface area contributed by atoms with Crippen LogP contribution in [0.5, 0.6) is 0 Å². The van der Waals surface area contributed by atoms with E-state index in [2.05, 4.69) is 10.3 Å². The molecule has 2 aliphatic heterocycles. The van der Waals surface area contributed by atoms with E-state index in [1.54, 1.807) is 16.0 Å². The van der Waals surface area contributed by atoms with Gasteiger partial charge < -0.3 is 15.3 Å². The minimum Gasteiger partial charge on any atom is -0.394 e. The summed E-state index contributed by atoms with van der Waals surface area (Å²) >= 11 is 0. The van der Waals surface area contributed by atoms with Crippen molar-refractivity contribution < 1.29 is 14.7 Å². The van der Waals surface area contributed by atoms with E-state index in [1.165, 1.54) is 0 Å². The molecule has 7 nitrogen and oxygen atoms in total. The highest BCUT2D eigenvalue weighted by atomic mass is 16.3. The zero-order chi connectivity index (χ0) is 20.4. The van der Waals surface area contributed by atoms with E-state index >= 15 is 0 Å². The first kappa shape index (κ1) is 19.4. The summed E-state index contributed by atoms with van der Waals surface area (Å²) < 4.78 is 0. The number of aliphatic hydroxyl groups is 1. The molecule has 3 atom stereocenters. The zero-order valence-electron chi connectivity index (χ0n) is 16.5. The van der Waals surface area contributed by atoms with Gasteiger partial charge in [-0.2, -0.15) is 0 Å². The SMILES string of the molecule is CCCNC(=O)N1C[C@H]2[C@@H](c3ccccc31)[C@@H](CO)N2C(=O)Cc1ccccn1. The molecule has 1 fully saturated rings. The highest BCUT2D eigenvalue weighted by Crippen LogP contribution is 2.48. The Morgan fingerprint density at radius 2 is 2.00 bits per heavy atom. The number of nitrogens with zero attached hydrogens (tertiary/aromatic N) is 3. The van der Waals surface area contributed by atoms with E-state index in [9.17, 15) is 14.7 Å². The van der Waals surface area contributed by atoms with Crippen molar-refractivity contribution in [2.45, 2.75) is 37.8 Å². The number of amides is 3. The van der Waals surface area contributed by atoms with Crippen LogP contribution in [0.25, 0.3) is 0 Å². The second-order valence-electron chi connectivity index (χ2n) is 7.54. The quantitative estimate of drug-likeness (QED) is 0.811. The van der Waals surface area contributed by atoms with E-state index < -0.39 is 0 Å². The fourth-order valence-electron chi connectivity index (χ4n) is 4.50. The van der Waals surface area contributed by atoms with Gasteiger partial charge in [0.05, 0.1) is 25.1 Å². The molecule has 0 bridgehead atoms. The van der Waals surface area contributed by atoms with Crippen LogP contribution in [0.1, 0.15) is 30.5 Å². The first-order chi connectivity index (χ1) is 14.2. The van der Waals surface area contributed by atoms with Gasteiger partial charge >= 0.3 is 6.03 Å². The number of aliphatic hydroxyl groups excluding tert-OH is 1. The largest absolute Gasteiger partial charge is 0.394 e. The van der Waals surface area contributed by atoms with Crippen LogP contribution in [0.2, 0.25) is 0 Å². The molecule has 0 radical (unpaired) electrons. The molecule has 0 unspecified atom stereocenters. The van der Waals surface area contributed by atoms with Crippen LogP contribution in [-0.2, 0) is 11.2 Å². The molecule has 0 spiro atoms. The van der Waals surface area contributed by atoms with Crippen molar-refractivity contribution in [3.63, 3.8) is 0 Å². The number of likely N-dealkylation sites (tertiary alicyclic amines) is 1. The molecule has 1 aromatic heterocycles. The van der Waals surface area contributed by atoms with E-state index in [0.29, 0.717) is 18.8 Å². The number of para-hydroxylation sites is 1. The first-order valence-corrected chi connectivity index (χ1v) is 10.1.